The minimum atomic E-state index is 0.839. The monoisotopic (exact) mass is 140 g/mol. The molecule has 1 heteroatoms. The third kappa shape index (κ3) is 7.52. The molecule has 0 bridgehead atoms. The maximum absolute atomic E-state index is 5.09. The lowest BCUT2D eigenvalue weighted by molar-refractivity contribution is -0.644. The Morgan fingerprint density at radius 1 is 1.30 bits per heavy atom. The van der Waals surface area contributed by atoms with Crippen LogP contribution in [0.3, 0.4) is 0 Å². The minimum Gasteiger partial charge on any atom is -0.336 e. The standard InChI is InChI=1S/C9H17N/c1-3-5-6-7-9-10-8-4-2/h2,10H,3,5-9H2,1H3/p+1. The Bertz CT molecular complexity index is 91.4. The van der Waals surface area contributed by atoms with Crippen molar-refractivity contribution in [1.29, 1.82) is 0 Å². The zero-order chi connectivity index (χ0) is 7.66. The van der Waals surface area contributed by atoms with Crippen LogP contribution in [-0.4, -0.2) is 13.1 Å². The van der Waals surface area contributed by atoms with Gasteiger partial charge in [-0.25, -0.2) is 0 Å². The molecule has 0 aliphatic heterocycles. The fourth-order valence-electron chi connectivity index (χ4n) is 0.901. The first-order valence-electron chi connectivity index (χ1n) is 4.17. The molecule has 0 aromatic heterocycles. The second kappa shape index (κ2) is 8.52. The molecule has 0 saturated heterocycles. The van der Waals surface area contributed by atoms with Crippen LogP contribution in [0.15, 0.2) is 0 Å². The first-order chi connectivity index (χ1) is 4.91. The van der Waals surface area contributed by atoms with Crippen LogP contribution in [-0.2, 0) is 0 Å². The second-order valence-electron chi connectivity index (χ2n) is 2.55. The number of unbranched alkanes of at least 4 members (excludes halogenated alkanes) is 3. The highest BCUT2D eigenvalue weighted by Gasteiger charge is 1.87. The van der Waals surface area contributed by atoms with E-state index in [1.54, 1.807) is 0 Å². The molecular weight excluding hydrogens is 122 g/mol. The fraction of sp³-hybridized carbons (Fsp3) is 0.778. The Morgan fingerprint density at radius 2 is 2.10 bits per heavy atom. The van der Waals surface area contributed by atoms with E-state index < -0.39 is 0 Å². The van der Waals surface area contributed by atoms with Crippen molar-refractivity contribution in [2.75, 3.05) is 13.1 Å². The number of hydrogen-bond acceptors (Lipinski definition) is 0. The zero-order valence-corrected chi connectivity index (χ0v) is 6.90. The molecule has 0 aromatic rings. The van der Waals surface area contributed by atoms with E-state index in [2.05, 4.69) is 18.2 Å². The van der Waals surface area contributed by atoms with Gasteiger partial charge >= 0.3 is 0 Å². The lowest BCUT2D eigenvalue weighted by Crippen LogP contribution is -2.84. The molecule has 0 aliphatic carbocycles. The van der Waals surface area contributed by atoms with Gasteiger partial charge in [-0.2, -0.15) is 0 Å². The summed E-state index contributed by atoms with van der Waals surface area (Å²) in [5, 5.41) is 2.19. The average Bonchev–Trinajstić information content (AvgIpc) is 1.97. The molecule has 0 spiro atoms. The van der Waals surface area contributed by atoms with Gasteiger partial charge in [0, 0.05) is 0 Å². The third-order valence-electron chi connectivity index (χ3n) is 1.52. The molecule has 0 saturated carbocycles. The molecule has 0 radical (unpaired) electrons. The quantitative estimate of drug-likeness (QED) is 0.414. The summed E-state index contributed by atoms with van der Waals surface area (Å²) in [4.78, 5) is 0. The van der Waals surface area contributed by atoms with Gasteiger partial charge in [0.25, 0.3) is 0 Å². The SMILES string of the molecule is C#CC[NH2+]CCCCCC. The van der Waals surface area contributed by atoms with E-state index in [9.17, 15) is 0 Å². The normalized spacial score (nSPS) is 9.20. The summed E-state index contributed by atoms with van der Waals surface area (Å²) >= 11 is 0. The molecule has 0 aliphatic rings. The molecule has 0 unspecified atom stereocenters. The molecule has 0 amide bonds. The molecule has 1 nitrogen and oxygen atoms in total. The largest absolute Gasteiger partial charge is 0.336 e. The molecule has 0 aromatic carbocycles. The van der Waals surface area contributed by atoms with E-state index in [-0.39, 0.29) is 0 Å². The Balaban J connectivity index is 2.72. The second-order valence-corrected chi connectivity index (χ2v) is 2.55. The van der Waals surface area contributed by atoms with Crippen molar-refractivity contribution in [1.82, 2.24) is 0 Å². The van der Waals surface area contributed by atoms with Crippen LogP contribution in [0.25, 0.3) is 0 Å². The Labute approximate surface area is 64.2 Å². The summed E-state index contributed by atoms with van der Waals surface area (Å²) in [6, 6.07) is 0. The van der Waals surface area contributed by atoms with E-state index >= 15 is 0 Å². The Morgan fingerprint density at radius 3 is 2.70 bits per heavy atom. The number of hydrogen-bond donors (Lipinski definition) is 1. The zero-order valence-electron chi connectivity index (χ0n) is 6.90. The molecule has 58 valence electrons. The summed E-state index contributed by atoms with van der Waals surface area (Å²) < 4.78 is 0. The lowest BCUT2D eigenvalue weighted by Gasteiger charge is -1.96. The molecule has 0 rings (SSSR count). The van der Waals surface area contributed by atoms with Crippen molar-refractivity contribution < 1.29 is 5.32 Å². The van der Waals surface area contributed by atoms with E-state index in [1.807, 2.05) is 0 Å². The highest BCUT2D eigenvalue weighted by Crippen LogP contribution is 1.95. The average molecular weight is 140 g/mol. The van der Waals surface area contributed by atoms with Crippen LogP contribution in [0.2, 0.25) is 0 Å². The van der Waals surface area contributed by atoms with Gasteiger partial charge in [0.2, 0.25) is 0 Å². The molecule has 2 N–H and O–H groups in total. The Hall–Kier alpha value is -0.480. The van der Waals surface area contributed by atoms with E-state index in [0.717, 1.165) is 6.54 Å². The Kier molecular flexibility index (Phi) is 8.11. The van der Waals surface area contributed by atoms with Crippen LogP contribution in [0, 0.1) is 12.3 Å². The molecule has 0 fully saturated rings. The third-order valence-corrected chi connectivity index (χ3v) is 1.52. The maximum Gasteiger partial charge on any atom is 0.137 e. The van der Waals surface area contributed by atoms with Crippen molar-refractivity contribution in [2.45, 2.75) is 32.6 Å². The smallest absolute Gasteiger partial charge is 0.137 e. The summed E-state index contributed by atoms with van der Waals surface area (Å²) in [6.07, 6.45) is 10.4. The van der Waals surface area contributed by atoms with Crippen molar-refractivity contribution in [3.63, 3.8) is 0 Å². The number of terminal acetylenes is 1. The van der Waals surface area contributed by atoms with Gasteiger partial charge in [-0.1, -0.05) is 19.8 Å². The van der Waals surface area contributed by atoms with Crippen LogP contribution >= 0.6 is 0 Å². The topological polar surface area (TPSA) is 16.6 Å². The highest BCUT2D eigenvalue weighted by molar-refractivity contribution is 4.81. The molecule has 0 atom stereocenters. The highest BCUT2D eigenvalue weighted by atomic mass is 14.8. The maximum atomic E-state index is 5.09. The van der Waals surface area contributed by atoms with Gasteiger partial charge in [-0.05, 0) is 18.8 Å². The predicted molar refractivity (Wildman–Crippen MR) is 44.6 cm³/mol. The van der Waals surface area contributed by atoms with Gasteiger partial charge in [0.05, 0.1) is 6.54 Å². The summed E-state index contributed by atoms with van der Waals surface area (Å²) in [5.74, 6) is 2.60. The van der Waals surface area contributed by atoms with Crippen LogP contribution < -0.4 is 5.32 Å². The van der Waals surface area contributed by atoms with Gasteiger partial charge in [-0.3, -0.25) is 0 Å². The van der Waals surface area contributed by atoms with Crippen LogP contribution in [0.5, 0.6) is 0 Å². The van der Waals surface area contributed by atoms with E-state index in [1.165, 1.54) is 32.2 Å². The molecular formula is C9H18N+. The van der Waals surface area contributed by atoms with Gasteiger partial charge in [-0.15, -0.1) is 6.42 Å². The first-order valence-corrected chi connectivity index (χ1v) is 4.17. The lowest BCUT2D eigenvalue weighted by atomic mass is 10.2. The fourth-order valence-corrected chi connectivity index (χ4v) is 0.901. The van der Waals surface area contributed by atoms with Crippen molar-refractivity contribution in [2.24, 2.45) is 0 Å². The summed E-state index contributed by atoms with van der Waals surface area (Å²) in [5.41, 5.74) is 0. The van der Waals surface area contributed by atoms with Crippen LogP contribution in [0.1, 0.15) is 32.6 Å². The first kappa shape index (κ1) is 9.52. The van der Waals surface area contributed by atoms with Gasteiger partial charge in [0.1, 0.15) is 6.54 Å². The van der Waals surface area contributed by atoms with E-state index in [4.69, 9.17) is 6.42 Å². The predicted octanol–water partition coefficient (Wildman–Crippen LogP) is 0.763. The van der Waals surface area contributed by atoms with Crippen molar-refractivity contribution in [3.8, 4) is 12.3 Å². The van der Waals surface area contributed by atoms with Gasteiger partial charge in [0.15, 0.2) is 0 Å². The molecule has 0 heterocycles. The van der Waals surface area contributed by atoms with Crippen LogP contribution in [0.4, 0.5) is 0 Å². The number of quaternary nitrogens is 1. The summed E-state index contributed by atoms with van der Waals surface area (Å²) in [7, 11) is 0. The van der Waals surface area contributed by atoms with Crippen molar-refractivity contribution in [3.05, 3.63) is 0 Å². The van der Waals surface area contributed by atoms with E-state index in [0.29, 0.717) is 0 Å². The number of rotatable bonds is 6. The number of nitrogens with two attached hydrogens (primary N) is 1. The summed E-state index contributed by atoms with van der Waals surface area (Å²) in [6.45, 7) is 4.27. The minimum absolute atomic E-state index is 0.839. The molecule has 10 heavy (non-hydrogen) atoms. The van der Waals surface area contributed by atoms with Crippen molar-refractivity contribution >= 4 is 0 Å². The van der Waals surface area contributed by atoms with Gasteiger partial charge < -0.3 is 5.32 Å².